The second-order valence-corrected chi connectivity index (χ2v) is 11.0. The van der Waals surface area contributed by atoms with E-state index in [4.69, 9.17) is 9.05 Å². The van der Waals surface area contributed by atoms with E-state index in [9.17, 15) is 4.57 Å². The molecule has 0 spiro atoms. The number of pyridine rings is 1. The van der Waals surface area contributed by atoms with Crippen LogP contribution in [0.2, 0.25) is 0 Å². The number of nitrogens with one attached hydrogen (secondary N) is 3. The number of para-hydroxylation sites is 1. The van der Waals surface area contributed by atoms with Crippen LogP contribution in [0.4, 0.5) is 17.3 Å². The highest BCUT2D eigenvalue weighted by molar-refractivity contribution is 7.54. The number of hydrogen-bond donors (Lipinski definition) is 3. The molecular formula is C29H31N6O3P. The van der Waals surface area contributed by atoms with Gasteiger partial charge in [0.1, 0.15) is 0 Å². The zero-order chi connectivity index (χ0) is 27.2. The molecule has 2 aromatic carbocycles. The summed E-state index contributed by atoms with van der Waals surface area (Å²) in [7, 11) is -3.60. The Morgan fingerprint density at radius 1 is 1.00 bits per heavy atom. The molecule has 200 valence electrons. The van der Waals surface area contributed by atoms with Crippen LogP contribution >= 0.6 is 7.60 Å². The van der Waals surface area contributed by atoms with Crippen molar-refractivity contribution in [3.8, 4) is 11.3 Å². The van der Waals surface area contributed by atoms with E-state index in [0.717, 1.165) is 44.7 Å². The molecule has 5 rings (SSSR count). The lowest BCUT2D eigenvalue weighted by atomic mass is 10.1. The monoisotopic (exact) mass is 542 g/mol. The van der Waals surface area contributed by atoms with Crippen LogP contribution < -0.4 is 10.6 Å². The fraction of sp³-hybridized carbons (Fsp3) is 0.207. The second-order valence-electron chi connectivity index (χ2n) is 8.87. The second kappa shape index (κ2) is 11.8. The number of anilines is 3. The molecule has 0 amide bonds. The Morgan fingerprint density at radius 3 is 2.59 bits per heavy atom. The van der Waals surface area contributed by atoms with Gasteiger partial charge < -0.3 is 24.7 Å². The molecular weight excluding hydrogens is 511 g/mol. The normalized spacial score (nSPS) is 12.4. The molecule has 0 saturated carbocycles. The standard InChI is InChI=1S/C29H31N6O3P/c1-4-37-39(36,38-5-2)28(24-19-32-26-11-7-6-10-23(24)26)33-22-13-12-20(3)27(17-22)35-29-31-16-14-25(34-29)21-9-8-15-30-18-21/h6-19,28,32-33H,4-5H2,1-3H3,(H,31,34,35). The number of rotatable bonds is 11. The van der Waals surface area contributed by atoms with Crippen molar-refractivity contribution >= 4 is 35.8 Å². The molecule has 3 heterocycles. The highest BCUT2D eigenvalue weighted by Gasteiger charge is 2.38. The van der Waals surface area contributed by atoms with Gasteiger partial charge in [0.25, 0.3) is 0 Å². The topological polar surface area (TPSA) is 114 Å². The summed E-state index contributed by atoms with van der Waals surface area (Å²) in [5.74, 6) is -0.284. The third-order valence-electron chi connectivity index (χ3n) is 6.25. The van der Waals surface area contributed by atoms with Crippen LogP contribution in [0.15, 0.2) is 85.5 Å². The smallest absolute Gasteiger partial charge is 0.357 e. The van der Waals surface area contributed by atoms with Crippen molar-refractivity contribution in [2.24, 2.45) is 0 Å². The average Bonchev–Trinajstić information content (AvgIpc) is 3.38. The van der Waals surface area contributed by atoms with Gasteiger partial charge in [-0.25, -0.2) is 9.97 Å². The average molecular weight is 543 g/mol. The Hall–Kier alpha value is -4.04. The summed E-state index contributed by atoms with van der Waals surface area (Å²) >= 11 is 0. The van der Waals surface area contributed by atoms with E-state index in [-0.39, 0.29) is 13.2 Å². The van der Waals surface area contributed by atoms with Gasteiger partial charge in [-0.05, 0) is 62.7 Å². The largest absolute Gasteiger partial charge is 0.368 e. The van der Waals surface area contributed by atoms with Crippen molar-refractivity contribution in [2.75, 3.05) is 23.8 Å². The van der Waals surface area contributed by atoms with Crippen molar-refractivity contribution < 1.29 is 13.6 Å². The minimum atomic E-state index is -3.60. The van der Waals surface area contributed by atoms with E-state index in [0.29, 0.717) is 5.95 Å². The summed E-state index contributed by atoms with van der Waals surface area (Å²) in [6.45, 7) is 6.13. The van der Waals surface area contributed by atoms with Crippen LogP contribution in [0.5, 0.6) is 0 Å². The fourth-order valence-electron chi connectivity index (χ4n) is 4.41. The molecule has 3 aromatic heterocycles. The first kappa shape index (κ1) is 26.6. The molecule has 5 aromatic rings. The van der Waals surface area contributed by atoms with E-state index in [1.807, 2.05) is 87.6 Å². The van der Waals surface area contributed by atoms with Crippen LogP contribution in [0, 0.1) is 6.92 Å². The van der Waals surface area contributed by atoms with Gasteiger partial charge in [-0.1, -0.05) is 24.3 Å². The Bertz CT molecular complexity index is 1600. The van der Waals surface area contributed by atoms with Crippen molar-refractivity contribution in [3.05, 3.63) is 96.6 Å². The lowest BCUT2D eigenvalue weighted by Crippen LogP contribution is -2.15. The van der Waals surface area contributed by atoms with Gasteiger partial charge in [-0.2, -0.15) is 0 Å². The number of aryl methyl sites for hydroxylation is 1. The van der Waals surface area contributed by atoms with E-state index >= 15 is 0 Å². The number of aromatic amines is 1. The molecule has 0 aliphatic heterocycles. The van der Waals surface area contributed by atoms with E-state index in [2.05, 4.69) is 30.6 Å². The maximum atomic E-state index is 14.1. The Balaban J connectivity index is 1.49. The predicted molar refractivity (Wildman–Crippen MR) is 155 cm³/mol. The summed E-state index contributed by atoms with van der Waals surface area (Å²) in [5.41, 5.74) is 5.96. The number of H-pyrrole nitrogens is 1. The molecule has 0 saturated heterocycles. The van der Waals surface area contributed by atoms with Crippen LogP contribution in [0.25, 0.3) is 22.2 Å². The summed E-state index contributed by atoms with van der Waals surface area (Å²) in [6, 6.07) is 19.4. The molecule has 1 atom stereocenters. The molecule has 0 fully saturated rings. The van der Waals surface area contributed by atoms with Crippen LogP contribution in [0.1, 0.15) is 30.8 Å². The highest BCUT2D eigenvalue weighted by atomic mass is 31.2. The first-order valence-electron chi connectivity index (χ1n) is 12.8. The zero-order valence-electron chi connectivity index (χ0n) is 22.1. The maximum absolute atomic E-state index is 14.1. The van der Waals surface area contributed by atoms with Gasteiger partial charge in [0, 0.05) is 58.2 Å². The first-order chi connectivity index (χ1) is 19.0. The lowest BCUT2D eigenvalue weighted by Gasteiger charge is -2.28. The summed E-state index contributed by atoms with van der Waals surface area (Å²) in [6.07, 6.45) is 7.06. The molecule has 10 heteroatoms. The predicted octanol–water partition coefficient (Wildman–Crippen LogP) is 7.45. The van der Waals surface area contributed by atoms with Gasteiger partial charge in [-0.3, -0.25) is 9.55 Å². The molecule has 0 aliphatic rings. The van der Waals surface area contributed by atoms with Crippen molar-refractivity contribution in [2.45, 2.75) is 26.6 Å². The van der Waals surface area contributed by atoms with Gasteiger partial charge >= 0.3 is 7.60 Å². The van der Waals surface area contributed by atoms with Crippen LogP contribution in [0.3, 0.4) is 0 Å². The summed E-state index contributed by atoms with van der Waals surface area (Å²) < 4.78 is 25.7. The Kier molecular flexibility index (Phi) is 8.02. The van der Waals surface area contributed by atoms with E-state index < -0.39 is 13.4 Å². The summed E-state index contributed by atoms with van der Waals surface area (Å²) in [5, 5.41) is 7.73. The maximum Gasteiger partial charge on any atom is 0.357 e. The van der Waals surface area contributed by atoms with Gasteiger partial charge in [0.2, 0.25) is 5.95 Å². The van der Waals surface area contributed by atoms with Crippen molar-refractivity contribution in [1.82, 2.24) is 19.9 Å². The van der Waals surface area contributed by atoms with Crippen LogP contribution in [-0.2, 0) is 13.6 Å². The molecule has 39 heavy (non-hydrogen) atoms. The first-order valence-corrected chi connectivity index (χ1v) is 14.4. The minimum absolute atomic E-state index is 0.253. The molecule has 0 radical (unpaired) electrons. The number of hydrogen-bond acceptors (Lipinski definition) is 8. The third-order valence-corrected chi connectivity index (χ3v) is 8.53. The number of benzene rings is 2. The molecule has 9 nitrogen and oxygen atoms in total. The van der Waals surface area contributed by atoms with E-state index in [1.54, 1.807) is 18.6 Å². The van der Waals surface area contributed by atoms with E-state index in [1.165, 1.54) is 0 Å². The summed E-state index contributed by atoms with van der Waals surface area (Å²) in [4.78, 5) is 16.5. The molecule has 1 unspecified atom stereocenters. The molecule has 0 bridgehead atoms. The molecule has 3 N–H and O–H groups in total. The fourth-order valence-corrected chi connectivity index (χ4v) is 6.37. The lowest BCUT2D eigenvalue weighted by molar-refractivity contribution is 0.214. The van der Waals surface area contributed by atoms with Gasteiger partial charge in [0.15, 0.2) is 5.78 Å². The number of nitrogens with zero attached hydrogens (tertiary/aromatic N) is 3. The van der Waals surface area contributed by atoms with Crippen LogP contribution in [-0.4, -0.2) is 33.1 Å². The van der Waals surface area contributed by atoms with Gasteiger partial charge in [-0.15, -0.1) is 0 Å². The van der Waals surface area contributed by atoms with Gasteiger partial charge in [0.05, 0.1) is 18.9 Å². The van der Waals surface area contributed by atoms with Crippen molar-refractivity contribution in [1.29, 1.82) is 0 Å². The number of aromatic nitrogens is 4. The Labute approximate surface area is 227 Å². The SMILES string of the molecule is CCOP(=O)(OCC)C(Nc1ccc(C)c(Nc2nccc(-c3cccnc3)n2)c1)c1c[nH]c2ccccc12. The quantitative estimate of drug-likeness (QED) is 0.148. The minimum Gasteiger partial charge on any atom is -0.368 e. The number of fused-ring (bicyclic) bond motifs is 1. The highest BCUT2D eigenvalue weighted by Crippen LogP contribution is 2.61. The zero-order valence-corrected chi connectivity index (χ0v) is 23.0. The third kappa shape index (κ3) is 5.86. The Morgan fingerprint density at radius 2 is 1.82 bits per heavy atom. The van der Waals surface area contributed by atoms with Crippen molar-refractivity contribution in [3.63, 3.8) is 0 Å². The molecule has 0 aliphatic carbocycles.